The van der Waals surface area contributed by atoms with Crippen LogP contribution in [-0.2, 0) is 0 Å². The number of amides is 1. The normalized spacial score (nSPS) is 23.5. The van der Waals surface area contributed by atoms with Crippen LogP contribution in [0.4, 0.5) is 8.78 Å². The summed E-state index contributed by atoms with van der Waals surface area (Å²) in [6, 6.07) is 1.42. The number of carbonyl (C=O) groups is 1. The summed E-state index contributed by atoms with van der Waals surface area (Å²) in [6.45, 7) is -0.243. The van der Waals surface area contributed by atoms with Gasteiger partial charge in [-0.15, -0.1) is 0 Å². The van der Waals surface area contributed by atoms with Gasteiger partial charge in [0, 0.05) is 13.1 Å². The fraction of sp³-hybridized carbons (Fsp3) is 0.364. The van der Waals surface area contributed by atoms with Crippen molar-refractivity contribution >= 4 is 17.5 Å². The lowest BCUT2D eigenvalue weighted by Gasteiger charge is -2.15. The van der Waals surface area contributed by atoms with Gasteiger partial charge in [-0.3, -0.25) is 4.79 Å². The molecule has 0 radical (unpaired) electrons. The van der Waals surface area contributed by atoms with Gasteiger partial charge in [0.1, 0.15) is 11.6 Å². The van der Waals surface area contributed by atoms with Crippen molar-refractivity contribution < 1.29 is 23.8 Å². The molecule has 4 nitrogen and oxygen atoms in total. The fourth-order valence-corrected chi connectivity index (χ4v) is 1.94. The topological polar surface area (TPSA) is 60.8 Å². The van der Waals surface area contributed by atoms with Crippen LogP contribution in [0.5, 0.6) is 0 Å². The molecule has 1 amide bonds. The Labute approximate surface area is 106 Å². The van der Waals surface area contributed by atoms with E-state index in [-0.39, 0.29) is 13.1 Å². The Morgan fingerprint density at radius 2 is 1.78 bits per heavy atom. The smallest absolute Gasteiger partial charge is 0.257 e. The molecule has 2 atom stereocenters. The summed E-state index contributed by atoms with van der Waals surface area (Å²) in [5.74, 6) is -2.64. The Hall–Kier alpha value is -1.24. The van der Waals surface area contributed by atoms with Gasteiger partial charge in [-0.1, -0.05) is 11.6 Å². The van der Waals surface area contributed by atoms with E-state index < -0.39 is 40.3 Å². The highest BCUT2D eigenvalue weighted by atomic mass is 35.5. The SMILES string of the molecule is O=C(c1cc(F)c(Cl)cc1F)N1C[C@@H](O)[C@@H](O)C1. The molecular formula is C11H10ClF2NO3. The molecule has 1 aliphatic heterocycles. The van der Waals surface area contributed by atoms with E-state index in [4.69, 9.17) is 11.6 Å². The number of likely N-dealkylation sites (tertiary alicyclic amines) is 1. The van der Waals surface area contributed by atoms with Gasteiger partial charge in [0.15, 0.2) is 0 Å². The molecule has 1 heterocycles. The van der Waals surface area contributed by atoms with Crippen molar-refractivity contribution in [3.8, 4) is 0 Å². The van der Waals surface area contributed by atoms with Gasteiger partial charge in [0.2, 0.25) is 0 Å². The fourth-order valence-electron chi connectivity index (χ4n) is 1.79. The number of nitrogens with zero attached hydrogens (tertiary/aromatic N) is 1. The molecule has 0 aliphatic carbocycles. The van der Waals surface area contributed by atoms with E-state index in [2.05, 4.69) is 0 Å². The highest BCUT2D eigenvalue weighted by Gasteiger charge is 2.34. The van der Waals surface area contributed by atoms with Crippen LogP contribution in [0.15, 0.2) is 12.1 Å². The molecule has 0 spiro atoms. The van der Waals surface area contributed by atoms with Crippen LogP contribution < -0.4 is 0 Å². The van der Waals surface area contributed by atoms with E-state index in [1.807, 2.05) is 0 Å². The number of β-amino-alcohol motifs (C(OH)–C–C–N with tert-alkyl or cyclic N) is 2. The molecule has 18 heavy (non-hydrogen) atoms. The number of hydrogen-bond donors (Lipinski definition) is 2. The Bertz CT molecular complexity index is 487. The van der Waals surface area contributed by atoms with E-state index in [0.29, 0.717) is 12.1 Å². The molecule has 2 rings (SSSR count). The second-order valence-electron chi connectivity index (χ2n) is 4.09. The van der Waals surface area contributed by atoms with Gasteiger partial charge in [0.25, 0.3) is 5.91 Å². The molecule has 0 saturated carbocycles. The van der Waals surface area contributed by atoms with Crippen molar-refractivity contribution in [1.29, 1.82) is 0 Å². The zero-order chi connectivity index (χ0) is 13.4. The third-order valence-electron chi connectivity index (χ3n) is 2.79. The molecule has 0 unspecified atom stereocenters. The summed E-state index contributed by atoms with van der Waals surface area (Å²) in [6.07, 6.45) is -2.15. The number of carbonyl (C=O) groups excluding carboxylic acids is 1. The zero-order valence-electron chi connectivity index (χ0n) is 9.11. The van der Waals surface area contributed by atoms with Crippen molar-refractivity contribution in [2.75, 3.05) is 13.1 Å². The van der Waals surface area contributed by atoms with Gasteiger partial charge < -0.3 is 15.1 Å². The van der Waals surface area contributed by atoms with E-state index in [0.717, 1.165) is 4.90 Å². The van der Waals surface area contributed by atoms with Crippen molar-refractivity contribution in [2.45, 2.75) is 12.2 Å². The Kier molecular flexibility index (Phi) is 3.52. The summed E-state index contributed by atoms with van der Waals surface area (Å²) in [5, 5.41) is 18.2. The van der Waals surface area contributed by atoms with E-state index in [1.54, 1.807) is 0 Å². The average molecular weight is 278 g/mol. The third-order valence-corrected chi connectivity index (χ3v) is 3.08. The molecule has 1 aliphatic rings. The molecule has 0 bridgehead atoms. The highest BCUT2D eigenvalue weighted by Crippen LogP contribution is 2.22. The quantitative estimate of drug-likeness (QED) is 0.747. The summed E-state index contributed by atoms with van der Waals surface area (Å²) in [5.41, 5.74) is -0.474. The van der Waals surface area contributed by atoms with Crippen LogP contribution in [0.1, 0.15) is 10.4 Å². The molecule has 1 fully saturated rings. The average Bonchev–Trinajstić information content (AvgIpc) is 2.63. The summed E-state index contributed by atoms with van der Waals surface area (Å²) in [7, 11) is 0. The van der Waals surface area contributed by atoms with E-state index in [9.17, 15) is 23.8 Å². The minimum Gasteiger partial charge on any atom is -0.388 e. The van der Waals surface area contributed by atoms with Gasteiger partial charge in [-0.25, -0.2) is 8.78 Å². The molecule has 7 heteroatoms. The van der Waals surface area contributed by atoms with Crippen LogP contribution in [0, 0.1) is 11.6 Å². The molecular weight excluding hydrogens is 268 g/mol. The molecule has 1 aromatic carbocycles. The van der Waals surface area contributed by atoms with E-state index >= 15 is 0 Å². The van der Waals surface area contributed by atoms with Crippen LogP contribution in [-0.4, -0.2) is 46.3 Å². The zero-order valence-corrected chi connectivity index (χ0v) is 9.86. The first-order valence-corrected chi connectivity index (χ1v) is 5.58. The third kappa shape index (κ3) is 2.31. The minimum atomic E-state index is -1.07. The lowest BCUT2D eigenvalue weighted by molar-refractivity contribution is 0.0572. The summed E-state index contributed by atoms with van der Waals surface area (Å²) in [4.78, 5) is 12.9. The molecule has 0 aromatic heterocycles. The lowest BCUT2D eigenvalue weighted by atomic mass is 10.2. The maximum Gasteiger partial charge on any atom is 0.257 e. The van der Waals surface area contributed by atoms with Crippen LogP contribution in [0.3, 0.4) is 0 Å². The largest absolute Gasteiger partial charge is 0.388 e. The number of hydrogen-bond acceptors (Lipinski definition) is 3. The molecule has 1 saturated heterocycles. The Morgan fingerprint density at radius 3 is 2.33 bits per heavy atom. The van der Waals surface area contributed by atoms with Gasteiger partial charge in [0.05, 0.1) is 22.8 Å². The number of aliphatic hydroxyl groups excluding tert-OH is 2. The van der Waals surface area contributed by atoms with Gasteiger partial charge >= 0.3 is 0 Å². The van der Waals surface area contributed by atoms with Crippen molar-refractivity contribution in [3.05, 3.63) is 34.4 Å². The second kappa shape index (κ2) is 4.79. The van der Waals surface area contributed by atoms with Crippen molar-refractivity contribution in [1.82, 2.24) is 4.90 Å². The molecule has 2 N–H and O–H groups in total. The summed E-state index contributed by atoms with van der Waals surface area (Å²) < 4.78 is 26.7. The monoisotopic (exact) mass is 277 g/mol. The lowest BCUT2D eigenvalue weighted by Crippen LogP contribution is -2.30. The maximum absolute atomic E-state index is 13.5. The Morgan fingerprint density at radius 1 is 1.22 bits per heavy atom. The van der Waals surface area contributed by atoms with Gasteiger partial charge in [-0.05, 0) is 12.1 Å². The first kappa shape index (κ1) is 13.2. The Balaban J connectivity index is 2.27. The number of benzene rings is 1. The number of aliphatic hydroxyl groups is 2. The van der Waals surface area contributed by atoms with Crippen molar-refractivity contribution in [2.24, 2.45) is 0 Å². The summed E-state index contributed by atoms with van der Waals surface area (Å²) >= 11 is 5.38. The second-order valence-corrected chi connectivity index (χ2v) is 4.50. The van der Waals surface area contributed by atoms with Crippen LogP contribution in [0.25, 0.3) is 0 Å². The first-order chi connectivity index (χ1) is 8.40. The maximum atomic E-state index is 13.5. The van der Waals surface area contributed by atoms with E-state index in [1.165, 1.54) is 0 Å². The van der Waals surface area contributed by atoms with Crippen LogP contribution >= 0.6 is 11.6 Å². The predicted molar refractivity (Wildman–Crippen MR) is 59.3 cm³/mol. The molecule has 1 aromatic rings. The first-order valence-electron chi connectivity index (χ1n) is 5.20. The predicted octanol–water partition coefficient (Wildman–Crippen LogP) is 0.796. The van der Waals surface area contributed by atoms with Crippen LogP contribution in [0.2, 0.25) is 5.02 Å². The van der Waals surface area contributed by atoms with Gasteiger partial charge in [-0.2, -0.15) is 0 Å². The number of halogens is 3. The van der Waals surface area contributed by atoms with Crippen molar-refractivity contribution in [3.63, 3.8) is 0 Å². The highest BCUT2D eigenvalue weighted by molar-refractivity contribution is 6.30. The minimum absolute atomic E-state index is 0.121. The number of rotatable bonds is 1. The standard InChI is InChI=1S/C11H10ClF2NO3/c12-6-2-7(13)5(1-8(6)14)11(18)15-3-9(16)10(17)4-15/h1-2,9-10,16-17H,3-4H2/t9-,10+. The molecule has 98 valence electrons.